The third-order valence-corrected chi connectivity index (χ3v) is 13.5. The van der Waals surface area contributed by atoms with E-state index in [-0.39, 0.29) is 54.6 Å². The number of ether oxygens (including phenoxy) is 1. The van der Waals surface area contributed by atoms with E-state index in [1.807, 2.05) is 0 Å². The molecule has 17 heteroatoms. The second-order valence-corrected chi connectivity index (χ2v) is 16.4. The van der Waals surface area contributed by atoms with Gasteiger partial charge in [0, 0.05) is 17.0 Å². The molecule has 8 rings (SSSR count). The minimum absolute atomic E-state index is 0.0659. The summed E-state index contributed by atoms with van der Waals surface area (Å²) in [6.07, 6.45) is 0.775. The van der Waals surface area contributed by atoms with Crippen LogP contribution in [0.15, 0.2) is 78.4 Å². The Hall–Kier alpha value is -4.87. The normalized spacial score (nSPS) is 26.6. The number of ketones is 1. The van der Waals surface area contributed by atoms with Crippen LogP contribution in [0.1, 0.15) is 40.2 Å². The Morgan fingerprint density at radius 2 is 1.40 bits per heavy atom. The first-order chi connectivity index (χ1) is 27.0. The molecular weight excluding hydrogens is 913 g/mol. The SMILES string of the molecule is COc1cc([C@H]2C3=CC[C@@H]4C(=O)N(c5ccc(C(=O)c6ccccc6)cc5)C(=O)[C@@H]4[C@@H]3C[C@@]3(Cl)C(=O)N(c4c(F)c(F)c(F)c(F)c4F)C(=O)[C@@]23Cl)cc(I)c1O. The van der Waals surface area contributed by atoms with Crippen LogP contribution in [0.3, 0.4) is 0 Å². The Kier molecular flexibility index (Phi) is 9.31. The number of rotatable bonds is 6. The summed E-state index contributed by atoms with van der Waals surface area (Å²) in [7, 11) is 1.22. The summed E-state index contributed by atoms with van der Waals surface area (Å²) in [4.78, 5) is 65.8. The predicted molar refractivity (Wildman–Crippen MR) is 203 cm³/mol. The van der Waals surface area contributed by atoms with E-state index in [0.717, 1.165) is 4.90 Å². The lowest BCUT2D eigenvalue weighted by molar-refractivity contribution is -0.125. The van der Waals surface area contributed by atoms with Gasteiger partial charge in [0.2, 0.25) is 17.6 Å². The molecule has 0 spiro atoms. The Labute approximate surface area is 343 Å². The Balaban J connectivity index is 1.26. The Morgan fingerprint density at radius 1 is 0.807 bits per heavy atom. The molecule has 57 heavy (non-hydrogen) atoms. The van der Waals surface area contributed by atoms with Gasteiger partial charge in [0.1, 0.15) is 5.69 Å². The second kappa shape index (κ2) is 13.6. The average Bonchev–Trinajstić information content (AvgIpc) is 3.55. The molecule has 1 N–H and O–H groups in total. The molecule has 3 fully saturated rings. The molecule has 2 aliphatic heterocycles. The highest BCUT2D eigenvalue weighted by Crippen LogP contribution is 2.66. The Bertz CT molecular complexity index is 2500. The summed E-state index contributed by atoms with van der Waals surface area (Å²) in [5.41, 5.74) is -0.776. The monoisotopic (exact) mass is 936 g/mol. The molecule has 0 unspecified atom stereocenters. The van der Waals surface area contributed by atoms with Gasteiger partial charge in [0.05, 0.1) is 28.2 Å². The fourth-order valence-corrected chi connectivity index (χ4v) is 10.2. The van der Waals surface area contributed by atoms with Crippen molar-refractivity contribution >= 4 is 86.6 Å². The maximum absolute atomic E-state index is 15.4. The van der Waals surface area contributed by atoms with Gasteiger partial charge in [0.25, 0.3) is 11.8 Å². The van der Waals surface area contributed by atoms with Crippen molar-refractivity contribution < 1.29 is 55.8 Å². The molecule has 6 atom stereocenters. The number of methoxy groups -OCH3 is 1. The van der Waals surface area contributed by atoms with Crippen LogP contribution in [0.2, 0.25) is 0 Å². The molecule has 2 saturated heterocycles. The lowest BCUT2D eigenvalue weighted by Crippen LogP contribution is -2.60. The topological polar surface area (TPSA) is 121 Å². The number of phenols is 1. The molecule has 2 aliphatic carbocycles. The van der Waals surface area contributed by atoms with Crippen molar-refractivity contribution in [3.05, 3.63) is 128 Å². The van der Waals surface area contributed by atoms with Gasteiger partial charge < -0.3 is 9.84 Å². The molecule has 9 nitrogen and oxygen atoms in total. The van der Waals surface area contributed by atoms with Gasteiger partial charge in [-0.25, -0.2) is 26.9 Å². The van der Waals surface area contributed by atoms with E-state index in [1.54, 1.807) is 59.0 Å². The minimum atomic E-state index is -2.75. The number of carbonyl (C=O) groups is 5. The Morgan fingerprint density at radius 3 is 2.02 bits per heavy atom. The molecule has 2 heterocycles. The number of hydrogen-bond donors (Lipinski definition) is 1. The number of halogens is 8. The number of allylic oxidation sites excluding steroid dienone is 2. The van der Waals surface area contributed by atoms with E-state index in [1.165, 1.54) is 43.5 Å². The van der Waals surface area contributed by atoms with E-state index in [4.69, 9.17) is 27.9 Å². The quantitative estimate of drug-likeness (QED) is 0.0308. The number of hydrogen-bond acceptors (Lipinski definition) is 7. The first kappa shape index (κ1) is 39.0. The molecule has 4 aromatic rings. The zero-order chi connectivity index (χ0) is 41.0. The third-order valence-electron chi connectivity index (χ3n) is 11.2. The largest absolute Gasteiger partial charge is 0.504 e. The number of alkyl halides is 2. The lowest BCUT2D eigenvalue weighted by Gasteiger charge is -2.50. The van der Waals surface area contributed by atoms with Gasteiger partial charge in [-0.2, -0.15) is 0 Å². The summed E-state index contributed by atoms with van der Waals surface area (Å²) in [5, 5.41) is 10.7. The van der Waals surface area contributed by atoms with E-state index >= 15 is 8.78 Å². The highest BCUT2D eigenvalue weighted by molar-refractivity contribution is 14.1. The summed E-state index contributed by atoms with van der Waals surface area (Å²) in [6.45, 7) is 0. The average molecular weight is 937 g/mol. The zero-order valence-electron chi connectivity index (χ0n) is 29.0. The molecule has 0 bridgehead atoms. The molecule has 0 aromatic heterocycles. The van der Waals surface area contributed by atoms with Gasteiger partial charge in [-0.3, -0.25) is 28.9 Å². The van der Waals surface area contributed by atoms with Crippen molar-refractivity contribution in [2.75, 3.05) is 16.9 Å². The number of imide groups is 2. The van der Waals surface area contributed by atoms with Crippen molar-refractivity contribution in [2.45, 2.75) is 28.5 Å². The second-order valence-electron chi connectivity index (χ2n) is 14.0. The highest BCUT2D eigenvalue weighted by atomic mass is 127. The van der Waals surface area contributed by atoms with Crippen LogP contribution in [-0.4, -0.2) is 51.4 Å². The highest BCUT2D eigenvalue weighted by Gasteiger charge is 2.77. The standard InChI is InChI=1S/C40H24Cl2F5IN2O7/c1-57-24-14-18(13-23(48)34(24)52)26-20-11-12-21-25(36(54)49(35(21)53)19-9-7-17(8-10-19)33(51)16-5-3-2-4-6-16)22(20)15-39(41)37(55)50(38(56)40(26,39)42)32-30(46)28(44)27(43)29(45)31(32)47/h2-11,13-14,21-22,25-26,52H,12,15H2,1H3/t21-,22+,25-,26-,39+,40-/m0/s1. The van der Waals surface area contributed by atoms with Gasteiger partial charge in [-0.1, -0.05) is 42.0 Å². The van der Waals surface area contributed by atoms with Gasteiger partial charge in [-0.15, -0.1) is 23.2 Å². The molecule has 4 aromatic carbocycles. The van der Waals surface area contributed by atoms with Crippen LogP contribution in [0.25, 0.3) is 0 Å². The summed E-state index contributed by atoms with van der Waals surface area (Å²) >= 11 is 16.2. The van der Waals surface area contributed by atoms with Crippen LogP contribution in [-0.2, 0) is 19.2 Å². The number of aromatic hydroxyl groups is 1. The fraction of sp³-hybridized carbons (Fsp3) is 0.225. The molecule has 1 saturated carbocycles. The predicted octanol–water partition coefficient (Wildman–Crippen LogP) is 7.70. The van der Waals surface area contributed by atoms with Gasteiger partial charge >= 0.3 is 0 Å². The third kappa shape index (κ3) is 5.33. The van der Waals surface area contributed by atoms with E-state index in [2.05, 4.69) is 0 Å². The van der Waals surface area contributed by atoms with E-state index in [0.29, 0.717) is 5.56 Å². The zero-order valence-corrected chi connectivity index (χ0v) is 32.6. The minimum Gasteiger partial charge on any atom is -0.504 e. The molecule has 292 valence electrons. The molecule has 4 amide bonds. The van der Waals surface area contributed by atoms with Crippen molar-refractivity contribution in [3.8, 4) is 11.5 Å². The molecule has 0 radical (unpaired) electrons. The summed E-state index contributed by atoms with van der Waals surface area (Å²) < 4.78 is 79.4. The van der Waals surface area contributed by atoms with Crippen LogP contribution in [0, 0.1) is 50.4 Å². The van der Waals surface area contributed by atoms with Crippen molar-refractivity contribution in [1.82, 2.24) is 0 Å². The number of fused-ring (bicyclic) bond motifs is 4. The van der Waals surface area contributed by atoms with Crippen LogP contribution >= 0.6 is 45.8 Å². The molecular formula is C40H24Cl2F5IN2O7. The smallest absolute Gasteiger partial charge is 0.258 e. The first-order valence-electron chi connectivity index (χ1n) is 17.1. The van der Waals surface area contributed by atoms with Crippen molar-refractivity contribution in [2.24, 2.45) is 17.8 Å². The number of amides is 4. The van der Waals surface area contributed by atoms with Crippen LogP contribution in [0.5, 0.6) is 11.5 Å². The number of phenolic OH excluding ortho intramolecular Hbond substituents is 1. The number of anilines is 2. The van der Waals surface area contributed by atoms with E-state index < -0.39 is 98.2 Å². The van der Waals surface area contributed by atoms with Crippen LogP contribution in [0.4, 0.5) is 33.3 Å². The maximum atomic E-state index is 15.4. The maximum Gasteiger partial charge on any atom is 0.258 e. The van der Waals surface area contributed by atoms with Gasteiger partial charge in [0.15, 0.2) is 50.3 Å². The van der Waals surface area contributed by atoms with Crippen molar-refractivity contribution in [3.63, 3.8) is 0 Å². The number of nitrogens with zero attached hydrogens (tertiary/aromatic N) is 2. The van der Waals surface area contributed by atoms with Crippen molar-refractivity contribution in [1.29, 1.82) is 0 Å². The number of benzene rings is 4. The number of carbonyl (C=O) groups excluding carboxylic acids is 5. The first-order valence-corrected chi connectivity index (χ1v) is 18.9. The molecule has 4 aliphatic rings. The summed E-state index contributed by atoms with van der Waals surface area (Å²) in [6, 6.07) is 16.8. The summed E-state index contributed by atoms with van der Waals surface area (Å²) in [5.74, 6) is -22.8. The van der Waals surface area contributed by atoms with Gasteiger partial charge in [-0.05, 0) is 83.3 Å². The fourth-order valence-electron chi connectivity index (χ4n) is 8.63. The van der Waals surface area contributed by atoms with Crippen LogP contribution < -0.4 is 14.5 Å². The van der Waals surface area contributed by atoms with E-state index in [9.17, 15) is 42.3 Å². The lowest BCUT2D eigenvalue weighted by atomic mass is 9.56.